The van der Waals surface area contributed by atoms with E-state index in [9.17, 15) is 0 Å². The van der Waals surface area contributed by atoms with Crippen LogP contribution in [0.25, 0.3) is 0 Å². The van der Waals surface area contributed by atoms with Gasteiger partial charge in [0.2, 0.25) is 0 Å². The van der Waals surface area contributed by atoms with E-state index in [2.05, 4.69) is 32.7 Å². The molecule has 23 heavy (non-hydrogen) atoms. The van der Waals surface area contributed by atoms with Crippen LogP contribution >= 0.6 is 24.0 Å². The van der Waals surface area contributed by atoms with E-state index in [1.807, 2.05) is 0 Å². The average Bonchev–Trinajstić information content (AvgIpc) is 2.75. The molecule has 0 atom stereocenters. The minimum Gasteiger partial charge on any atom is -0.362 e. The predicted molar refractivity (Wildman–Crippen MR) is 115 cm³/mol. The van der Waals surface area contributed by atoms with Gasteiger partial charge in [0.25, 0.3) is 0 Å². The molecule has 0 saturated heterocycles. The van der Waals surface area contributed by atoms with Crippen molar-refractivity contribution in [3.05, 3.63) is 22.5 Å². The molecule has 0 radical (unpaired) electrons. The van der Waals surface area contributed by atoms with E-state index in [1.54, 1.807) is 0 Å². The summed E-state index contributed by atoms with van der Waals surface area (Å²) < 4.78 is 0. The van der Waals surface area contributed by atoms with E-state index in [-0.39, 0.29) is 24.0 Å². The normalized spacial score (nSPS) is 10.8. The number of H-pyrrole nitrogens is 1. The van der Waals surface area contributed by atoms with E-state index in [0.29, 0.717) is 0 Å². The molecule has 0 amide bonds. The standard InChI is InChI=1S/C21H39N.HI/c1-5-6-7-8-9-10-11-12-13-14-15-16-17-21-19(3)18(2)20(4)22-21;/h22H,5-17H2,1-4H3;1H. The van der Waals surface area contributed by atoms with Crippen molar-refractivity contribution in [2.45, 2.75) is 111 Å². The van der Waals surface area contributed by atoms with Gasteiger partial charge in [0, 0.05) is 11.4 Å². The molecule has 2 heteroatoms. The van der Waals surface area contributed by atoms with E-state index >= 15 is 0 Å². The van der Waals surface area contributed by atoms with Gasteiger partial charge in [-0.25, -0.2) is 0 Å². The van der Waals surface area contributed by atoms with Crippen LogP contribution in [-0.2, 0) is 6.42 Å². The van der Waals surface area contributed by atoms with Gasteiger partial charge >= 0.3 is 0 Å². The number of rotatable bonds is 13. The Morgan fingerprint density at radius 2 is 1.04 bits per heavy atom. The fraction of sp³-hybridized carbons (Fsp3) is 0.810. The lowest BCUT2D eigenvalue weighted by molar-refractivity contribution is 0.543. The van der Waals surface area contributed by atoms with Crippen LogP contribution in [0.2, 0.25) is 0 Å². The SMILES string of the molecule is CCCCCCCCCCCCCCc1[nH]c(C)c(C)c1C.I. The van der Waals surface area contributed by atoms with Crippen LogP contribution in [0.5, 0.6) is 0 Å². The molecule has 1 heterocycles. The van der Waals surface area contributed by atoms with Crippen molar-refractivity contribution in [3.8, 4) is 0 Å². The minimum absolute atomic E-state index is 0. The van der Waals surface area contributed by atoms with Gasteiger partial charge in [-0.2, -0.15) is 0 Å². The second kappa shape index (κ2) is 14.4. The maximum atomic E-state index is 3.55. The first-order valence-corrected chi connectivity index (χ1v) is 9.81. The van der Waals surface area contributed by atoms with E-state index in [1.165, 1.54) is 106 Å². The third-order valence-electron chi connectivity index (χ3n) is 5.20. The van der Waals surface area contributed by atoms with E-state index in [4.69, 9.17) is 0 Å². The number of unbranched alkanes of at least 4 members (excludes halogenated alkanes) is 11. The molecule has 0 bridgehead atoms. The van der Waals surface area contributed by atoms with Gasteiger partial charge in [-0.3, -0.25) is 0 Å². The monoisotopic (exact) mass is 433 g/mol. The zero-order valence-electron chi connectivity index (χ0n) is 16.1. The second-order valence-electron chi connectivity index (χ2n) is 7.12. The van der Waals surface area contributed by atoms with Gasteiger partial charge in [-0.05, 0) is 44.7 Å². The van der Waals surface area contributed by atoms with Crippen molar-refractivity contribution in [2.75, 3.05) is 0 Å². The average molecular weight is 433 g/mol. The number of hydrogen-bond acceptors (Lipinski definition) is 0. The van der Waals surface area contributed by atoms with Crippen LogP contribution in [0.4, 0.5) is 0 Å². The van der Waals surface area contributed by atoms with Crippen LogP contribution < -0.4 is 0 Å². The molecule has 1 N–H and O–H groups in total. The zero-order chi connectivity index (χ0) is 16.2. The summed E-state index contributed by atoms with van der Waals surface area (Å²) in [7, 11) is 0. The van der Waals surface area contributed by atoms with Gasteiger partial charge < -0.3 is 4.98 Å². The molecule has 1 rings (SSSR count). The molecule has 0 aliphatic carbocycles. The molecule has 0 aromatic carbocycles. The van der Waals surface area contributed by atoms with Crippen LogP contribution in [0.3, 0.4) is 0 Å². The Kier molecular flexibility index (Phi) is 14.4. The van der Waals surface area contributed by atoms with Crippen molar-refractivity contribution in [1.29, 1.82) is 0 Å². The fourth-order valence-corrected chi connectivity index (χ4v) is 3.31. The molecule has 1 aromatic heterocycles. The smallest absolute Gasteiger partial charge is 0.0181 e. The van der Waals surface area contributed by atoms with Gasteiger partial charge in [0.05, 0.1) is 0 Å². The summed E-state index contributed by atoms with van der Waals surface area (Å²) in [6.45, 7) is 8.97. The number of nitrogens with one attached hydrogen (secondary N) is 1. The Morgan fingerprint density at radius 3 is 1.43 bits per heavy atom. The highest BCUT2D eigenvalue weighted by molar-refractivity contribution is 14.0. The van der Waals surface area contributed by atoms with Crippen molar-refractivity contribution >= 4 is 24.0 Å². The van der Waals surface area contributed by atoms with E-state index < -0.39 is 0 Å². The molecule has 0 fully saturated rings. The highest BCUT2D eigenvalue weighted by Gasteiger charge is 2.06. The lowest BCUT2D eigenvalue weighted by Crippen LogP contribution is -1.89. The van der Waals surface area contributed by atoms with Crippen LogP contribution in [-0.4, -0.2) is 4.98 Å². The maximum absolute atomic E-state index is 3.55. The number of aromatic nitrogens is 1. The Hall–Kier alpha value is 0.01000. The Balaban J connectivity index is 0.00000484. The lowest BCUT2D eigenvalue weighted by atomic mass is 10.0. The predicted octanol–water partition coefficient (Wildman–Crippen LogP) is 7.80. The van der Waals surface area contributed by atoms with Crippen LogP contribution in [0, 0.1) is 20.8 Å². The molecular weight excluding hydrogens is 393 g/mol. The summed E-state index contributed by atoms with van der Waals surface area (Å²) in [6.07, 6.45) is 18.4. The van der Waals surface area contributed by atoms with Crippen molar-refractivity contribution in [1.82, 2.24) is 4.98 Å². The summed E-state index contributed by atoms with van der Waals surface area (Å²) >= 11 is 0. The number of aryl methyl sites for hydroxylation is 2. The molecule has 0 aliphatic heterocycles. The molecule has 0 spiro atoms. The van der Waals surface area contributed by atoms with Gasteiger partial charge in [-0.1, -0.05) is 77.6 Å². The van der Waals surface area contributed by atoms with Crippen molar-refractivity contribution in [2.24, 2.45) is 0 Å². The van der Waals surface area contributed by atoms with Gasteiger partial charge in [0.15, 0.2) is 0 Å². The Morgan fingerprint density at radius 1 is 0.609 bits per heavy atom. The maximum Gasteiger partial charge on any atom is 0.0181 e. The molecule has 1 aromatic rings. The first-order chi connectivity index (χ1) is 10.7. The molecular formula is C21H40IN. The molecule has 0 aliphatic rings. The second-order valence-corrected chi connectivity index (χ2v) is 7.12. The Labute approximate surface area is 162 Å². The first-order valence-electron chi connectivity index (χ1n) is 9.81. The molecule has 1 nitrogen and oxygen atoms in total. The number of aromatic amines is 1. The topological polar surface area (TPSA) is 15.8 Å². The summed E-state index contributed by atoms with van der Waals surface area (Å²) in [6, 6.07) is 0. The third-order valence-corrected chi connectivity index (χ3v) is 5.20. The zero-order valence-corrected chi connectivity index (χ0v) is 18.4. The molecule has 136 valence electrons. The minimum atomic E-state index is 0. The Bertz CT molecular complexity index is 395. The fourth-order valence-electron chi connectivity index (χ4n) is 3.31. The highest BCUT2D eigenvalue weighted by Crippen LogP contribution is 2.19. The van der Waals surface area contributed by atoms with E-state index in [0.717, 1.165) is 0 Å². The third kappa shape index (κ3) is 9.79. The van der Waals surface area contributed by atoms with Crippen molar-refractivity contribution < 1.29 is 0 Å². The van der Waals surface area contributed by atoms with Crippen LogP contribution in [0.15, 0.2) is 0 Å². The summed E-state index contributed by atoms with van der Waals surface area (Å²) in [5.74, 6) is 0. The highest BCUT2D eigenvalue weighted by atomic mass is 127. The number of hydrogen-bond donors (Lipinski definition) is 1. The summed E-state index contributed by atoms with van der Waals surface area (Å²) in [4.78, 5) is 3.55. The van der Waals surface area contributed by atoms with Gasteiger partial charge in [-0.15, -0.1) is 24.0 Å². The van der Waals surface area contributed by atoms with Gasteiger partial charge in [0.1, 0.15) is 0 Å². The molecule has 0 unspecified atom stereocenters. The lowest BCUT2D eigenvalue weighted by Gasteiger charge is -2.03. The summed E-state index contributed by atoms with van der Waals surface area (Å²) in [5, 5.41) is 0. The molecule has 0 saturated carbocycles. The largest absolute Gasteiger partial charge is 0.362 e. The first kappa shape index (κ1) is 23.0. The quantitative estimate of drug-likeness (QED) is 0.241. The van der Waals surface area contributed by atoms with Crippen LogP contribution in [0.1, 0.15) is 106 Å². The van der Waals surface area contributed by atoms with Crippen molar-refractivity contribution in [3.63, 3.8) is 0 Å². The number of halogens is 1. The summed E-state index contributed by atoms with van der Waals surface area (Å²) in [5.41, 5.74) is 5.77.